The Morgan fingerprint density at radius 2 is 2.06 bits per heavy atom. The SMILES string of the molecule is Cc1cc(N2C(=O)CN3C(=O)CCC32)ccc1Cl. The highest BCUT2D eigenvalue weighted by Gasteiger charge is 2.45. The molecule has 1 aromatic rings. The van der Waals surface area contributed by atoms with Crippen LogP contribution in [0.3, 0.4) is 0 Å². The van der Waals surface area contributed by atoms with Crippen molar-refractivity contribution in [3.8, 4) is 0 Å². The van der Waals surface area contributed by atoms with E-state index in [0.717, 1.165) is 11.3 Å². The summed E-state index contributed by atoms with van der Waals surface area (Å²) in [6, 6.07) is 5.52. The number of hydrogen-bond donors (Lipinski definition) is 0. The van der Waals surface area contributed by atoms with E-state index < -0.39 is 0 Å². The summed E-state index contributed by atoms with van der Waals surface area (Å²) in [5, 5.41) is 0.685. The zero-order valence-electron chi connectivity index (χ0n) is 10.0. The summed E-state index contributed by atoms with van der Waals surface area (Å²) in [4.78, 5) is 27.0. The van der Waals surface area contributed by atoms with Gasteiger partial charge in [-0.15, -0.1) is 0 Å². The monoisotopic (exact) mass is 264 g/mol. The Labute approximate surface area is 110 Å². The van der Waals surface area contributed by atoms with Crippen LogP contribution in [0.4, 0.5) is 5.69 Å². The molecule has 5 heteroatoms. The Kier molecular flexibility index (Phi) is 2.55. The van der Waals surface area contributed by atoms with Gasteiger partial charge in [0.15, 0.2) is 0 Å². The summed E-state index contributed by atoms with van der Waals surface area (Å²) in [5.74, 6) is 0.0521. The Morgan fingerprint density at radius 3 is 2.78 bits per heavy atom. The predicted molar refractivity (Wildman–Crippen MR) is 68.4 cm³/mol. The molecule has 0 N–H and O–H groups in total. The molecule has 0 aromatic heterocycles. The molecule has 0 radical (unpaired) electrons. The van der Waals surface area contributed by atoms with E-state index in [9.17, 15) is 9.59 Å². The third-order valence-corrected chi connectivity index (χ3v) is 4.01. The Balaban J connectivity index is 1.98. The van der Waals surface area contributed by atoms with Crippen molar-refractivity contribution in [1.82, 2.24) is 4.90 Å². The summed E-state index contributed by atoms with van der Waals surface area (Å²) in [7, 11) is 0. The summed E-state index contributed by atoms with van der Waals surface area (Å²) in [6.07, 6.45) is 1.14. The van der Waals surface area contributed by atoms with E-state index in [0.29, 0.717) is 17.9 Å². The number of halogens is 1. The number of benzene rings is 1. The quantitative estimate of drug-likeness (QED) is 0.778. The number of carbonyl (C=O) groups is 2. The third kappa shape index (κ3) is 1.60. The molecule has 3 rings (SSSR count). The normalized spacial score (nSPS) is 22.9. The van der Waals surface area contributed by atoms with Crippen LogP contribution in [0, 0.1) is 6.92 Å². The van der Waals surface area contributed by atoms with Gasteiger partial charge in [0.25, 0.3) is 0 Å². The van der Waals surface area contributed by atoms with Crippen molar-refractivity contribution in [2.24, 2.45) is 0 Å². The minimum atomic E-state index is -0.106. The molecule has 18 heavy (non-hydrogen) atoms. The largest absolute Gasteiger partial charge is 0.312 e. The first-order valence-corrected chi connectivity index (χ1v) is 6.33. The predicted octanol–water partition coefficient (Wildman–Crippen LogP) is 1.94. The standard InChI is InChI=1S/C13H13ClN2O2/c1-8-6-9(2-3-10(8)14)16-11-4-5-12(17)15(11)7-13(16)18/h2-3,6,11H,4-5,7H2,1H3. The number of anilines is 1. The molecule has 2 aliphatic rings. The molecule has 4 nitrogen and oxygen atoms in total. The fraction of sp³-hybridized carbons (Fsp3) is 0.385. The molecule has 0 aliphatic carbocycles. The molecule has 2 aliphatic heterocycles. The average molecular weight is 265 g/mol. The van der Waals surface area contributed by atoms with E-state index in [4.69, 9.17) is 11.6 Å². The molecule has 2 amide bonds. The maximum atomic E-state index is 12.0. The number of nitrogens with zero attached hydrogens (tertiary/aromatic N) is 2. The lowest BCUT2D eigenvalue weighted by atomic mass is 10.2. The molecule has 0 saturated carbocycles. The lowest BCUT2D eigenvalue weighted by Gasteiger charge is -2.24. The lowest BCUT2D eigenvalue weighted by Crippen LogP contribution is -2.36. The molecule has 0 spiro atoms. The minimum Gasteiger partial charge on any atom is -0.312 e. The van der Waals surface area contributed by atoms with Gasteiger partial charge in [-0.3, -0.25) is 14.5 Å². The van der Waals surface area contributed by atoms with Crippen molar-refractivity contribution in [3.63, 3.8) is 0 Å². The molecule has 94 valence electrons. The number of hydrogen-bond acceptors (Lipinski definition) is 2. The number of fused-ring (bicyclic) bond motifs is 1. The Bertz CT molecular complexity index is 544. The van der Waals surface area contributed by atoms with Crippen molar-refractivity contribution >= 4 is 29.1 Å². The fourth-order valence-corrected chi connectivity index (χ4v) is 2.78. The van der Waals surface area contributed by atoms with E-state index in [1.54, 1.807) is 15.9 Å². The summed E-state index contributed by atoms with van der Waals surface area (Å²) >= 11 is 5.99. The Morgan fingerprint density at radius 1 is 1.28 bits per heavy atom. The molecule has 1 unspecified atom stereocenters. The van der Waals surface area contributed by atoms with Crippen LogP contribution in [0.15, 0.2) is 18.2 Å². The minimum absolute atomic E-state index is 0.0187. The molecular formula is C13H13ClN2O2. The fourth-order valence-electron chi connectivity index (χ4n) is 2.66. The summed E-state index contributed by atoms with van der Waals surface area (Å²) < 4.78 is 0. The van der Waals surface area contributed by atoms with Crippen molar-refractivity contribution in [3.05, 3.63) is 28.8 Å². The van der Waals surface area contributed by atoms with Crippen LogP contribution in [0.1, 0.15) is 18.4 Å². The molecule has 2 fully saturated rings. The molecule has 1 atom stereocenters. The van der Waals surface area contributed by atoms with Crippen LogP contribution in [0.5, 0.6) is 0 Å². The smallest absolute Gasteiger partial charge is 0.248 e. The molecule has 2 saturated heterocycles. The summed E-state index contributed by atoms with van der Waals surface area (Å²) in [5.41, 5.74) is 1.76. The van der Waals surface area contributed by atoms with Crippen LogP contribution in [0.2, 0.25) is 5.02 Å². The zero-order chi connectivity index (χ0) is 12.9. The van der Waals surface area contributed by atoms with Gasteiger partial charge in [-0.1, -0.05) is 11.6 Å². The number of rotatable bonds is 1. The summed E-state index contributed by atoms with van der Waals surface area (Å²) in [6.45, 7) is 2.11. The van der Waals surface area contributed by atoms with E-state index in [2.05, 4.69) is 0 Å². The van der Waals surface area contributed by atoms with Crippen molar-refractivity contribution in [1.29, 1.82) is 0 Å². The van der Waals surface area contributed by atoms with Crippen LogP contribution in [-0.4, -0.2) is 29.4 Å². The molecule has 2 heterocycles. The lowest BCUT2D eigenvalue weighted by molar-refractivity contribution is -0.129. The molecule has 1 aromatic carbocycles. The number of amides is 2. The second-order valence-electron chi connectivity index (χ2n) is 4.74. The van der Waals surface area contributed by atoms with Gasteiger partial charge < -0.3 is 4.90 Å². The second kappa shape index (κ2) is 3.99. The van der Waals surface area contributed by atoms with Gasteiger partial charge in [0.2, 0.25) is 11.8 Å². The van der Waals surface area contributed by atoms with Gasteiger partial charge in [0.1, 0.15) is 12.7 Å². The third-order valence-electron chi connectivity index (χ3n) is 3.59. The topological polar surface area (TPSA) is 40.6 Å². The van der Waals surface area contributed by atoms with Gasteiger partial charge in [-0.2, -0.15) is 0 Å². The highest BCUT2D eigenvalue weighted by molar-refractivity contribution is 6.31. The first kappa shape index (κ1) is 11.5. The highest BCUT2D eigenvalue weighted by atomic mass is 35.5. The number of aryl methyl sites for hydroxylation is 1. The molecular weight excluding hydrogens is 252 g/mol. The van der Waals surface area contributed by atoms with Crippen LogP contribution >= 0.6 is 11.6 Å². The van der Waals surface area contributed by atoms with E-state index in [1.165, 1.54) is 0 Å². The van der Waals surface area contributed by atoms with Gasteiger partial charge in [-0.25, -0.2) is 0 Å². The van der Waals surface area contributed by atoms with Crippen LogP contribution in [0.25, 0.3) is 0 Å². The number of carbonyl (C=O) groups excluding carboxylic acids is 2. The maximum absolute atomic E-state index is 12.0. The van der Waals surface area contributed by atoms with E-state index >= 15 is 0 Å². The zero-order valence-corrected chi connectivity index (χ0v) is 10.8. The van der Waals surface area contributed by atoms with Gasteiger partial charge in [0.05, 0.1) is 0 Å². The van der Waals surface area contributed by atoms with Crippen LogP contribution in [-0.2, 0) is 9.59 Å². The van der Waals surface area contributed by atoms with Gasteiger partial charge >= 0.3 is 0 Å². The van der Waals surface area contributed by atoms with Gasteiger partial charge in [-0.05, 0) is 37.1 Å². The average Bonchev–Trinajstić information content (AvgIpc) is 2.83. The first-order valence-electron chi connectivity index (χ1n) is 5.95. The van der Waals surface area contributed by atoms with E-state index in [-0.39, 0.29) is 24.5 Å². The Hall–Kier alpha value is -1.55. The van der Waals surface area contributed by atoms with Crippen molar-refractivity contribution in [2.75, 3.05) is 11.4 Å². The van der Waals surface area contributed by atoms with Gasteiger partial charge in [0, 0.05) is 17.1 Å². The maximum Gasteiger partial charge on any atom is 0.248 e. The van der Waals surface area contributed by atoms with Crippen molar-refractivity contribution in [2.45, 2.75) is 25.9 Å². The first-order chi connectivity index (χ1) is 8.58. The second-order valence-corrected chi connectivity index (χ2v) is 5.15. The molecule has 0 bridgehead atoms. The van der Waals surface area contributed by atoms with Crippen LogP contribution < -0.4 is 4.90 Å². The van der Waals surface area contributed by atoms with E-state index in [1.807, 2.05) is 19.1 Å². The highest BCUT2D eigenvalue weighted by Crippen LogP contribution is 2.33. The van der Waals surface area contributed by atoms with Crippen molar-refractivity contribution < 1.29 is 9.59 Å².